The van der Waals surface area contributed by atoms with Crippen molar-refractivity contribution in [3.63, 3.8) is 0 Å². The number of hydrogen-bond acceptors (Lipinski definition) is 5. The fraction of sp³-hybridized carbons (Fsp3) is 0.353. The van der Waals surface area contributed by atoms with E-state index in [1.165, 1.54) is 0 Å². The molecule has 0 aliphatic carbocycles. The summed E-state index contributed by atoms with van der Waals surface area (Å²) in [6.45, 7) is 4.40. The topological polar surface area (TPSA) is 61.4 Å². The number of nitrogens with zero attached hydrogens (tertiary/aromatic N) is 4. The molecule has 0 saturated carbocycles. The molecule has 0 spiro atoms. The van der Waals surface area contributed by atoms with Gasteiger partial charge in [-0.2, -0.15) is 0 Å². The van der Waals surface area contributed by atoms with Crippen LogP contribution >= 0.6 is 0 Å². The van der Waals surface area contributed by atoms with Crippen LogP contribution in [0.15, 0.2) is 42.9 Å². The highest BCUT2D eigenvalue weighted by atomic mass is 16.2. The third-order valence-corrected chi connectivity index (χ3v) is 4.19. The lowest BCUT2D eigenvalue weighted by atomic mass is 10.1. The standard InChI is InChI=1S/C17H21N5O/c1-13-12-21(14-5-8-19-9-6-14)10-11-22(13)17(23)15-4-3-7-20-16(15)18-2/h3-9,13H,10-12H2,1-2H3,(H,18,20). The van der Waals surface area contributed by atoms with Crippen molar-refractivity contribution in [2.75, 3.05) is 36.9 Å². The molecule has 6 heteroatoms. The fourth-order valence-corrected chi connectivity index (χ4v) is 2.98. The lowest BCUT2D eigenvalue weighted by Gasteiger charge is -2.41. The average Bonchev–Trinajstić information content (AvgIpc) is 2.61. The number of pyridine rings is 2. The smallest absolute Gasteiger partial charge is 0.257 e. The van der Waals surface area contributed by atoms with Crippen molar-refractivity contribution < 1.29 is 4.79 Å². The van der Waals surface area contributed by atoms with Gasteiger partial charge in [0.1, 0.15) is 5.82 Å². The van der Waals surface area contributed by atoms with E-state index in [0.29, 0.717) is 17.9 Å². The second-order valence-electron chi connectivity index (χ2n) is 5.65. The Morgan fingerprint density at radius 2 is 2.00 bits per heavy atom. The van der Waals surface area contributed by atoms with Gasteiger partial charge in [-0.25, -0.2) is 4.98 Å². The Balaban J connectivity index is 1.74. The van der Waals surface area contributed by atoms with Crippen LogP contribution in [0.2, 0.25) is 0 Å². The molecule has 6 nitrogen and oxygen atoms in total. The van der Waals surface area contributed by atoms with Crippen LogP contribution in [-0.4, -0.2) is 53.5 Å². The van der Waals surface area contributed by atoms with Crippen molar-refractivity contribution in [3.8, 4) is 0 Å². The van der Waals surface area contributed by atoms with Gasteiger partial charge in [0.05, 0.1) is 5.56 Å². The van der Waals surface area contributed by atoms with Gasteiger partial charge >= 0.3 is 0 Å². The summed E-state index contributed by atoms with van der Waals surface area (Å²) < 4.78 is 0. The maximum atomic E-state index is 12.9. The van der Waals surface area contributed by atoms with Crippen LogP contribution < -0.4 is 10.2 Å². The van der Waals surface area contributed by atoms with E-state index in [-0.39, 0.29) is 11.9 Å². The molecular weight excluding hydrogens is 290 g/mol. The third-order valence-electron chi connectivity index (χ3n) is 4.19. The molecule has 1 aliphatic heterocycles. The third kappa shape index (κ3) is 3.11. The van der Waals surface area contributed by atoms with E-state index in [1.54, 1.807) is 31.7 Å². The Bertz CT molecular complexity index is 676. The van der Waals surface area contributed by atoms with Gasteiger partial charge in [0.2, 0.25) is 0 Å². The second kappa shape index (κ2) is 6.64. The predicted molar refractivity (Wildman–Crippen MR) is 90.7 cm³/mol. The minimum Gasteiger partial charge on any atom is -0.372 e. The maximum absolute atomic E-state index is 12.9. The van der Waals surface area contributed by atoms with Crippen LogP contribution in [0, 0.1) is 0 Å². The predicted octanol–water partition coefficient (Wildman–Crippen LogP) is 1.87. The van der Waals surface area contributed by atoms with Gasteiger partial charge in [0.15, 0.2) is 0 Å². The number of amides is 1. The number of rotatable bonds is 3. The normalized spacial score (nSPS) is 17.9. The zero-order valence-electron chi connectivity index (χ0n) is 13.4. The van der Waals surface area contributed by atoms with Crippen molar-refractivity contribution in [2.24, 2.45) is 0 Å². The average molecular weight is 311 g/mol. The van der Waals surface area contributed by atoms with Gasteiger partial charge in [-0.15, -0.1) is 0 Å². The van der Waals surface area contributed by atoms with Crippen molar-refractivity contribution in [3.05, 3.63) is 48.4 Å². The first-order valence-electron chi connectivity index (χ1n) is 7.79. The molecule has 0 radical (unpaired) electrons. The van der Waals surface area contributed by atoms with Gasteiger partial charge in [-0.1, -0.05) is 0 Å². The molecule has 2 aromatic heterocycles. The summed E-state index contributed by atoms with van der Waals surface area (Å²) in [5.41, 5.74) is 1.77. The Morgan fingerprint density at radius 3 is 2.70 bits per heavy atom. The van der Waals surface area contributed by atoms with E-state index in [4.69, 9.17) is 0 Å². The largest absolute Gasteiger partial charge is 0.372 e. The lowest BCUT2D eigenvalue weighted by molar-refractivity contribution is 0.0675. The number of hydrogen-bond donors (Lipinski definition) is 1. The zero-order chi connectivity index (χ0) is 16.2. The Labute approximate surface area is 136 Å². The number of aromatic nitrogens is 2. The van der Waals surface area contributed by atoms with Crippen molar-refractivity contribution >= 4 is 17.4 Å². The molecule has 1 N–H and O–H groups in total. The van der Waals surface area contributed by atoms with E-state index < -0.39 is 0 Å². The highest BCUT2D eigenvalue weighted by Gasteiger charge is 2.29. The molecule has 1 unspecified atom stereocenters. The second-order valence-corrected chi connectivity index (χ2v) is 5.65. The molecule has 1 saturated heterocycles. The van der Waals surface area contributed by atoms with Crippen LogP contribution in [0.5, 0.6) is 0 Å². The van der Waals surface area contributed by atoms with E-state index in [2.05, 4.69) is 27.1 Å². The Hall–Kier alpha value is -2.63. The van der Waals surface area contributed by atoms with E-state index in [0.717, 1.165) is 18.8 Å². The SMILES string of the molecule is CNc1ncccc1C(=O)N1CCN(c2ccncc2)CC1C. The highest BCUT2D eigenvalue weighted by Crippen LogP contribution is 2.21. The van der Waals surface area contributed by atoms with Crippen LogP contribution in [0.4, 0.5) is 11.5 Å². The van der Waals surface area contributed by atoms with E-state index >= 15 is 0 Å². The van der Waals surface area contributed by atoms with Crippen LogP contribution in [0.1, 0.15) is 17.3 Å². The van der Waals surface area contributed by atoms with Gasteiger partial charge in [0, 0.05) is 57.0 Å². The molecule has 3 heterocycles. The fourth-order valence-electron chi connectivity index (χ4n) is 2.98. The Kier molecular flexibility index (Phi) is 4.41. The number of carbonyl (C=O) groups excluding carboxylic acids is 1. The molecule has 2 aromatic rings. The highest BCUT2D eigenvalue weighted by molar-refractivity contribution is 5.99. The minimum atomic E-state index is 0.0318. The summed E-state index contributed by atoms with van der Waals surface area (Å²) in [4.78, 5) is 25.3. The van der Waals surface area contributed by atoms with Crippen LogP contribution in [0.3, 0.4) is 0 Å². The van der Waals surface area contributed by atoms with Crippen LogP contribution in [0.25, 0.3) is 0 Å². The first kappa shape index (κ1) is 15.3. The lowest BCUT2D eigenvalue weighted by Crippen LogP contribution is -2.54. The number of nitrogens with one attached hydrogen (secondary N) is 1. The first-order chi connectivity index (χ1) is 11.2. The van der Waals surface area contributed by atoms with Gasteiger partial charge in [0.25, 0.3) is 5.91 Å². The molecule has 1 atom stereocenters. The van der Waals surface area contributed by atoms with E-state index in [9.17, 15) is 4.79 Å². The summed E-state index contributed by atoms with van der Waals surface area (Å²) in [6, 6.07) is 7.76. The minimum absolute atomic E-state index is 0.0318. The van der Waals surface area contributed by atoms with Gasteiger partial charge < -0.3 is 15.1 Å². The van der Waals surface area contributed by atoms with Crippen molar-refractivity contribution in [1.29, 1.82) is 0 Å². The molecular formula is C17H21N5O. The molecule has 120 valence electrons. The van der Waals surface area contributed by atoms with E-state index in [1.807, 2.05) is 23.1 Å². The molecule has 1 aliphatic rings. The maximum Gasteiger partial charge on any atom is 0.257 e. The molecule has 0 bridgehead atoms. The summed E-state index contributed by atoms with van der Waals surface area (Å²) >= 11 is 0. The van der Waals surface area contributed by atoms with Gasteiger partial charge in [-0.3, -0.25) is 9.78 Å². The summed E-state index contributed by atoms with van der Waals surface area (Å²) in [5, 5.41) is 2.99. The molecule has 3 rings (SSSR count). The quantitative estimate of drug-likeness (QED) is 0.937. The molecule has 23 heavy (non-hydrogen) atoms. The van der Waals surface area contributed by atoms with Crippen molar-refractivity contribution in [1.82, 2.24) is 14.9 Å². The Morgan fingerprint density at radius 1 is 1.22 bits per heavy atom. The zero-order valence-corrected chi connectivity index (χ0v) is 13.4. The molecule has 1 fully saturated rings. The number of anilines is 2. The first-order valence-corrected chi connectivity index (χ1v) is 7.79. The van der Waals surface area contributed by atoms with Crippen LogP contribution in [-0.2, 0) is 0 Å². The number of carbonyl (C=O) groups is 1. The molecule has 1 amide bonds. The molecule has 0 aromatic carbocycles. The van der Waals surface area contributed by atoms with Crippen molar-refractivity contribution in [2.45, 2.75) is 13.0 Å². The van der Waals surface area contributed by atoms with Gasteiger partial charge in [-0.05, 0) is 31.2 Å². The monoisotopic (exact) mass is 311 g/mol. The summed E-state index contributed by atoms with van der Waals surface area (Å²) in [6.07, 6.45) is 5.28. The summed E-state index contributed by atoms with van der Waals surface area (Å²) in [7, 11) is 1.78. The number of piperazine rings is 1. The summed E-state index contributed by atoms with van der Waals surface area (Å²) in [5.74, 6) is 0.658.